The minimum Gasteiger partial charge on any atom is -0.507 e. The Morgan fingerprint density at radius 1 is 1.59 bits per heavy atom. The Bertz CT molecular complexity index is 490. The lowest BCUT2D eigenvalue weighted by atomic mass is 10.0. The molecule has 90 valence electrons. The fourth-order valence-electron chi connectivity index (χ4n) is 1.83. The van der Waals surface area contributed by atoms with E-state index in [0.717, 1.165) is 11.1 Å². The number of hydrogen-bond acceptors (Lipinski definition) is 4. The van der Waals surface area contributed by atoms with Crippen LogP contribution in [0.2, 0.25) is 0 Å². The van der Waals surface area contributed by atoms with E-state index in [-0.39, 0.29) is 17.4 Å². The van der Waals surface area contributed by atoms with E-state index in [9.17, 15) is 9.90 Å². The van der Waals surface area contributed by atoms with Gasteiger partial charge < -0.3 is 14.6 Å². The second kappa shape index (κ2) is 4.13. The molecule has 4 heteroatoms. The Hall–Kier alpha value is -1.97. The lowest BCUT2D eigenvalue weighted by molar-refractivity contribution is 0.0597. The van der Waals surface area contributed by atoms with Crippen molar-refractivity contribution in [2.75, 3.05) is 7.11 Å². The van der Waals surface area contributed by atoms with Gasteiger partial charge in [-0.1, -0.05) is 6.58 Å². The Balaban J connectivity index is 2.37. The number of methoxy groups -OCH3 is 1. The molecule has 1 aliphatic heterocycles. The first-order chi connectivity index (χ1) is 8.02. The van der Waals surface area contributed by atoms with Crippen LogP contribution in [0.3, 0.4) is 0 Å². The third-order valence-electron chi connectivity index (χ3n) is 2.81. The number of hydrogen-bond donors (Lipinski definition) is 1. The summed E-state index contributed by atoms with van der Waals surface area (Å²) in [6.45, 7) is 5.72. The highest BCUT2D eigenvalue weighted by atomic mass is 16.5. The molecule has 1 aliphatic rings. The number of carbonyl (C=O) groups is 1. The lowest BCUT2D eigenvalue weighted by Crippen LogP contribution is -2.13. The lowest BCUT2D eigenvalue weighted by Gasteiger charge is -2.09. The molecule has 1 aromatic carbocycles. The summed E-state index contributed by atoms with van der Waals surface area (Å²) >= 11 is 0. The molecule has 0 saturated carbocycles. The zero-order valence-corrected chi connectivity index (χ0v) is 9.82. The molecule has 0 fully saturated rings. The number of rotatable bonds is 2. The zero-order valence-electron chi connectivity index (χ0n) is 9.82. The van der Waals surface area contributed by atoms with Gasteiger partial charge in [-0.2, -0.15) is 0 Å². The normalized spacial score (nSPS) is 17.2. The SMILES string of the molecule is C=C(C)C1Cc2cc(C(=O)OC)c(O)cc2O1. The summed E-state index contributed by atoms with van der Waals surface area (Å²) in [7, 11) is 1.28. The fraction of sp³-hybridized carbons (Fsp3) is 0.308. The number of benzene rings is 1. The van der Waals surface area contributed by atoms with E-state index >= 15 is 0 Å². The van der Waals surface area contributed by atoms with E-state index in [1.807, 2.05) is 6.92 Å². The second-order valence-electron chi connectivity index (χ2n) is 4.13. The molecule has 1 atom stereocenters. The highest BCUT2D eigenvalue weighted by Gasteiger charge is 2.26. The van der Waals surface area contributed by atoms with Crippen molar-refractivity contribution in [3.8, 4) is 11.5 Å². The van der Waals surface area contributed by atoms with Crippen LogP contribution in [0.4, 0.5) is 0 Å². The van der Waals surface area contributed by atoms with Gasteiger partial charge in [-0.15, -0.1) is 0 Å². The number of phenols is 1. The average molecular weight is 234 g/mol. The maximum atomic E-state index is 11.4. The Labute approximate surface area is 99.5 Å². The number of esters is 1. The Morgan fingerprint density at radius 3 is 2.88 bits per heavy atom. The van der Waals surface area contributed by atoms with Gasteiger partial charge in [0.25, 0.3) is 0 Å². The highest BCUT2D eigenvalue weighted by molar-refractivity contribution is 5.93. The van der Waals surface area contributed by atoms with Crippen molar-refractivity contribution in [3.05, 3.63) is 35.4 Å². The third kappa shape index (κ3) is 1.98. The van der Waals surface area contributed by atoms with Gasteiger partial charge in [0.05, 0.1) is 7.11 Å². The highest BCUT2D eigenvalue weighted by Crippen LogP contribution is 2.36. The van der Waals surface area contributed by atoms with Gasteiger partial charge in [-0.05, 0) is 24.1 Å². The Morgan fingerprint density at radius 2 is 2.29 bits per heavy atom. The molecule has 2 rings (SSSR count). The molecule has 0 bridgehead atoms. The topological polar surface area (TPSA) is 55.8 Å². The molecule has 17 heavy (non-hydrogen) atoms. The van der Waals surface area contributed by atoms with Gasteiger partial charge >= 0.3 is 5.97 Å². The average Bonchev–Trinajstić information content (AvgIpc) is 2.69. The van der Waals surface area contributed by atoms with E-state index in [2.05, 4.69) is 11.3 Å². The minimum absolute atomic E-state index is 0.0858. The predicted octanol–water partition coefficient (Wildman–Crippen LogP) is 2.06. The van der Waals surface area contributed by atoms with E-state index in [1.54, 1.807) is 6.07 Å². The zero-order chi connectivity index (χ0) is 12.6. The van der Waals surface area contributed by atoms with Crippen LogP contribution in [0.1, 0.15) is 22.8 Å². The number of ether oxygens (including phenoxy) is 2. The molecule has 0 radical (unpaired) electrons. The van der Waals surface area contributed by atoms with Gasteiger partial charge in [0.2, 0.25) is 0 Å². The fourth-order valence-corrected chi connectivity index (χ4v) is 1.83. The minimum atomic E-state index is -0.552. The van der Waals surface area contributed by atoms with Gasteiger partial charge in [0.15, 0.2) is 0 Å². The van der Waals surface area contributed by atoms with Gasteiger partial charge in [0, 0.05) is 12.5 Å². The molecule has 1 heterocycles. The molecular weight excluding hydrogens is 220 g/mol. The van der Waals surface area contributed by atoms with Crippen molar-refractivity contribution < 1.29 is 19.4 Å². The summed E-state index contributed by atoms with van der Waals surface area (Å²) in [5, 5.41) is 9.70. The summed E-state index contributed by atoms with van der Waals surface area (Å²) in [4.78, 5) is 11.4. The summed E-state index contributed by atoms with van der Waals surface area (Å²) in [5.74, 6) is -0.0785. The molecule has 1 unspecified atom stereocenters. The van der Waals surface area contributed by atoms with E-state index in [0.29, 0.717) is 12.2 Å². The monoisotopic (exact) mass is 234 g/mol. The largest absolute Gasteiger partial charge is 0.507 e. The number of phenolic OH excluding ortho intramolecular Hbond substituents is 1. The van der Waals surface area contributed by atoms with Crippen LogP contribution >= 0.6 is 0 Å². The molecule has 4 nitrogen and oxygen atoms in total. The molecular formula is C13H14O4. The van der Waals surface area contributed by atoms with Crippen LogP contribution in [0.25, 0.3) is 0 Å². The van der Waals surface area contributed by atoms with Crippen molar-refractivity contribution >= 4 is 5.97 Å². The molecule has 0 saturated heterocycles. The first-order valence-electron chi connectivity index (χ1n) is 5.29. The van der Waals surface area contributed by atoms with Crippen LogP contribution in [0.15, 0.2) is 24.3 Å². The standard InChI is InChI=1S/C13H14O4/c1-7(2)11-5-8-4-9(13(15)16-3)10(14)6-12(8)17-11/h4,6,11,14H,1,5H2,2-3H3. The van der Waals surface area contributed by atoms with Gasteiger partial charge in [-0.3, -0.25) is 0 Å². The molecule has 1 N–H and O–H groups in total. The predicted molar refractivity (Wildman–Crippen MR) is 62.4 cm³/mol. The molecule has 0 amide bonds. The maximum absolute atomic E-state index is 11.4. The van der Waals surface area contributed by atoms with Gasteiger partial charge in [0.1, 0.15) is 23.2 Å². The maximum Gasteiger partial charge on any atom is 0.341 e. The van der Waals surface area contributed by atoms with Crippen molar-refractivity contribution in [1.29, 1.82) is 0 Å². The summed E-state index contributed by atoms with van der Waals surface area (Å²) < 4.78 is 10.2. The molecule has 0 aliphatic carbocycles. The van der Waals surface area contributed by atoms with Crippen molar-refractivity contribution in [2.45, 2.75) is 19.4 Å². The summed E-state index contributed by atoms with van der Waals surface area (Å²) in [6, 6.07) is 3.06. The number of fused-ring (bicyclic) bond motifs is 1. The first kappa shape index (κ1) is 11.5. The van der Waals surface area contributed by atoms with Crippen LogP contribution in [-0.2, 0) is 11.2 Å². The van der Waals surface area contributed by atoms with Crippen molar-refractivity contribution in [3.63, 3.8) is 0 Å². The Kier molecular flexibility index (Phi) is 2.79. The second-order valence-corrected chi connectivity index (χ2v) is 4.13. The molecule has 0 spiro atoms. The van der Waals surface area contributed by atoms with Crippen molar-refractivity contribution in [1.82, 2.24) is 0 Å². The van der Waals surface area contributed by atoms with Crippen LogP contribution < -0.4 is 4.74 Å². The first-order valence-corrected chi connectivity index (χ1v) is 5.29. The summed E-state index contributed by atoms with van der Waals surface area (Å²) in [5.41, 5.74) is 1.97. The van der Waals surface area contributed by atoms with Crippen molar-refractivity contribution in [2.24, 2.45) is 0 Å². The van der Waals surface area contributed by atoms with Crippen LogP contribution in [0, 0.1) is 0 Å². The van der Waals surface area contributed by atoms with E-state index in [4.69, 9.17) is 4.74 Å². The number of aromatic hydroxyl groups is 1. The van der Waals surface area contributed by atoms with Gasteiger partial charge in [-0.25, -0.2) is 4.79 Å². The number of carbonyl (C=O) groups excluding carboxylic acids is 1. The van der Waals surface area contributed by atoms with E-state index < -0.39 is 5.97 Å². The third-order valence-corrected chi connectivity index (χ3v) is 2.81. The quantitative estimate of drug-likeness (QED) is 0.628. The van der Waals surface area contributed by atoms with E-state index in [1.165, 1.54) is 13.2 Å². The van der Waals surface area contributed by atoms with Crippen LogP contribution in [0.5, 0.6) is 11.5 Å². The molecule has 1 aromatic rings. The summed E-state index contributed by atoms with van der Waals surface area (Å²) in [6.07, 6.45) is 0.576. The smallest absolute Gasteiger partial charge is 0.341 e. The van der Waals surface area contributed by atoms with Crippen LogP contribution in [-0.4, -0.2) is 24.3 Å². The molecule has 0 aromatic heterocycles.